The van der Waals surface area contributed by atoms with Crippen LogP contribution in [0, 0.1) is 5.41 Å². The van der Waals surface area contributed by atoms with E-state index in [1.165, 1.54) is 6.33 Å². The molecule has 2 aromatic heterocycles. The molecule has 5 heterocycles. The van der Waals surface area contributed by atoms with Gasteiger partial charge in [0.1, 0.15) is 35.4 Å². The Bertz CT molecular complexity index is 2410. The maximum Gasteiger partial charge on any atom is 0.262 e. The first-order chi connectivity index (χ1) is 27.7. The molecule has 3 aromatic carbocycles. The molecule has 5 aromatic rings. The van der Waals surface area contributed by atoms with Crippen molar-refractivity contribution in [3.8, 4) is 22.8 Å². The van der Waals surface area contributed by atoms with Crippen molar-refractivity contribution in [3.05, 3.63) is 95.8 Å². The summed E-state index contributed by atoms with van der Waals surface area (Å²) in [7, 11) is 0. The van der Waals surface area contributed by atoms with E-state index in [0.29, 0.717) is 34.3 Å². The van der Waals surface area contributed by atoms with Crippen molar-refractivity contribution in [3.63, 3.8) is 0 Å². The van der Waals surface area contributed by atoms with Gasteiger partial charge in [-0.2, -0.15) is 5.10 Å². The molecule has 1 spiro atoms. The number of piperidine rings is 1. The maximum absolute atomic E-state index is 13.4. The normalized spacial score (nSPS) is 26.4. The number of carbonyl (C=O) groups excluding carboxylic acids is 4. The number of nitrogens with zero attached hydrogens (tertiary/aromatic N) is 6. The Morgan fingerprint density at radius 2 is 1.56 bits per heavy atom. The number of hydrogen-bond donors (Lipinski definition) is 3. The summed E-state index contributed by atoms with van der Waals surface area (Å²) in [4.78, 5) is 60.7. The van der Waals surface area contributed by atoms with Crippen molar-refractivity contribution >= 4 is 40.5 Å². The molecule has 57 heavy (non-hydrogen) atoms. The highest BCUT2D eigenvalue weighted by atomic mass is 16.5. The minimum Gasteiger partial charge on any atom is -0.457 e. The maximum atomic E-state index is 13.4. The van der Waals surface area contributed by atoms with Crippen LogP contribution in [0.15, 0.2) is 79.1 Å². The Labute approximate surface area is 328 Å². The van der Waals surface area contributed by atoms with Crippen molar-refractivity contribution in [2.24, 2.45) is 5.41 Å². The van der Waals surface area contributed by atoms with E-state index in [-0.39, 0.29) is 24.8 Å². The molecule has 2 unspecified atom stereocenters. The second-order valence-corrected chi connectivity index (χ2v) is 16.3. The number of hydrogen-bond acceptors (Lipinski definition) is 11. The zero-order chi connectivity index (χ0) is 38.8. The number of nitrogens with one attached hydrogen (secondary N) is 2. The fourth-order valence-corrected chi connectivity index (χ4v) is 9.87. The first-order valence-electron chi connectivity index (χ1n) is 19.9. The summed E-state index contributed by atoms with van der Waals surface area (Å²) in [5, 5.41) is 10.5. The minimum absolute atomic E-state index is 0.0976. The molecule has 290 valence electrons. The molecule has 2 atom stereocenters. The molecule has 4 N–H and O–H groups in total. The Morgan fingerprint density at radius 3 is 2.30 bits per heavy atom. The number of benzene rings is 3. The van der Waals surface area contributed by atoms with Gasteiger partial charge < -0.3 is 10.5 Å². The van der Waals surface area contributed by atoms with E-state index in [1.54, 1.807) is 6.07 Å². The smallest absolute Gasteiger partial charge is 0.262 e. The molecular formula is C43H43N9O5. The number of amides is 4. The van der Waals surface area contributed by atoms with Crippen LogP contribution < -0.4 is 21.2 Å². The predicted octanol–water partition coefficient (Wildman–Crippen LogP) is 5.53. The van der Waals surface area contributed by atoms with Crippen LogP contribution in [-0.2, 0) is 9.59 Å². The fraction of sp³-hybridized carbons (Fsp3) is 0.372. The van der Waals surface area contributed by atoms with Gasteiger partial charge in [0.05, 0.1) is 22.6 Å². The molecule has 0 radical (unpaired) electrons. The molecular weight excluding hydrogens is 723 g/mol. The van der Waals surface area contributed by atoms with E-state index in [4.69, 9.17) is 15.6 Å². The monoisotopic (exact) mass is 765 g/mol. The molecule has 14 heteroatoms. The number of aromatic nitrogens is 4. The average molecular weight is 766 g/mol. The average Bonchev–Trinajstić information content (AvgIpc) is 3.73. The predicted molar refractivity (Wildman–Crippen MR) is 210 cm³/mol. The van der Waals surface area contributed by atoms with E-state index >= 15 is 0 Å². The summed E-state index contributed by atoms with van der Waals surface area (Å²) < 4.78 is 8.02. The minimum atomic E-state index is -0.955. The molecule has 5 aliphatic rings. The van der Waals surface area contributed by atoms with Crippen molar-refractivity contribution in [1.29, 1.82) is 0 Å². The molecule has 0 bridgehead atoms. The first-order valence-corrected chi connectivity index (χ1v) is 19.9. The van der Waals surface area contributed by atoms with Crippen molar-refractivity contribution < 1.29 is 23.9 Å². The van der Waals surface area contributed by atoms with E-state index < -0.39 is 23.8 Å². The number of nitrogens with two attached hydrogens (primary N) is 1. The molecule has 3 aliphatic heterocycles. The van der Waals surface area contributed by atoms with Crippen LogP contribution in [0.3, 0.4) is 0 Å². The number of fused-ring (bicyclic) bond motifs is 2. The van der Waals surface area contributed by atoms with Gasteiger partial charge in [-0.25, -0.2) is 19.7 Å². The Balaban J connectivity index is 0.754. The lowest BCUT2D eigenvalue weighted by Gasteiger charge is -2.53. The summed E-state index contributed by atoms with van der Waals surface area (Å²) in [5.74, 6) is 0.363. The third-order valence-corrected chi connectivity index (χ3v) is 13.0. The lowest BCUT2D eigenvalue weighted by Crippen LogP contribution is -2.54. The fourth-order valence-electron chi connectivity index (χ4n) is 9.87. The first kappa shape index (κ1) is 35.4. The van der Waals surface area contributed by atoms with E-state index in [9.17, 15) is 19.2 Å². The van der Waals surface area contributed by atoms with E-state index in [0.717, 1.165) is 102 Å². The van der Waals surface area contributed by atoms with Crippen molar-refractivity contribution in [1.82, 2.24) is 40.4 Å². The second-order valence-electron chi connectivity index (χ2n) is 16.3. The van der Waals surface area contributed by atoms with Crippen LogP contribution >= 0.6 is 0 Å². The third-order valence-electron chi connectivity index (χ3n) is 13.0. The SMILES string of the molecule is Nc1ncnc2c1c(-c1ccc(Oc3ccccc3)cc1)nn2C1CCN(C2CCC3(CC2)CC(c2ccc4c(c2)C(=O)N(C2CCC(=O)NC2=O)C4=O)C3)NC1. The summed E-state index contributed by atoms with van der Waals surface area (Å²) >= 11 is 0. The molecule has 2 aliphatic carbocycles. The van der Waals surface area contributed by atoms with Gasteiger partial charge in [-0.3, -0.25) is 34.8 Å². The van der Waals surface area contributed by atoms with Crippen LogP contribution in [0.5, 0.6) is 11.5 Å². The highest BCUT2D eigenvalue weighted by molar-refractivity contribution is 6.23. The van der Waals surface area contributed by atoms with Crippen LogP contribution in [0.1, 0.15) is 96.0 Å². The van der Waals surface area contributed by atoms with Crippen LogP contribution in [-0.4, -0.2) is 78.5 Å². The number of rotatable bonds is 7. The van der Waals surface area contributed by atoms with E-state index in [1.807, 2.05) is 71.4 Å². The molecule has 4 amide bonds. The van der Waals surface area contributed by atoms with Gasteiger partial charge in [0, 0.05) is 31.1 Å². The van der Waals surface area contributed by atoms with Crippen LogP contribution in [0.2, 0.25) is 0 Å². The Kier molecular flexibility index (Phi) is 8.63. The Morgan fingerprint density at radius 1 is 0.807 bits per heavy atom. The molecule has 10 rings (SSSR count). The standard InChI is InChI=1S/C43H43N9O5/c44-38-36-37(25-6-9-31(10-7-25)57-30-4-2-1-3-5-30)49-52(39(36)46-24-45-38)29-16-19-50(47-23-29)28-14-17-43(18-15-28)21-27(22-43)26-8-11-32-33(20-26)42(56)51(41(32)55)34-12-13-35(53)48-40(34)54/h1-11,20,24,27-29,34,47H,12-19,21-23H2,(H2,44,45,46)(H,48,53,54). The highest BCUT2D eigenvalue weighted by Crippen LogP contribution is 2.59. The van der Waals surface area contributed by atoms with Crippen molar-refractivity contribution in [2.45, 2.75) is 81.8 Å². The number of hydrazine groups is 1. The highest BCUT2D eigenvalue weighted by Gasteiger charge is 2.49. The molecule has 2 saturated heterocycles. The Hall–Kier alpha value is -5.99. The van der Waals surface area contributed by atoms with Gasteiger partial charge in [0.2, 0.25) is 11.8 Å². The summed E-state index contributed by atoms with van der Waals surface area (Å²) in [6, 6.07) is 22.7. The number of anilines is 1. The third kappa shape index (κ3) is 6.23. The van der Waals surface area contributed by atoms with Gasteiger partial charge in [-0.05, 0) is 117 Å². The lowest BCUT2D eigenvalue weighted by molar-refractivity contribution is -0.136. The van der Waals surface area contributed by atoms with Gasteiger partial charge in [-0.15, -0.1) is 0 Å². The number of para-hydroxylation sites is 1. The van der Waals surface area contributed by atoms with Gasteiger partial charge in [0.25, 0.3) is 11.8 Å². The van der Waals surface area contributed by atoms with Gasteiger partial charge >= 0.3 is 0 Å². The van der Waals surface area contributed by atoms with Crippen molar-refractivity contribution in [2.75, 3.05) is 18.8 Å². The number of nitrogen functional groups attached to an aromatic ring is 1. The van der Waals surface area contributed by atoms with Gasteiger partial charge in [-0.1, -0.05) is 24.3 Å². The molecule has 4 fully saturated rings. The largest absolute Gasteiger partial charge is 0.457 e. The zero-order valence-electron chi connectivity index (χ0n) is 31.4. The summed E-state index contributed by atoms with van der Waals surface area (Å²) in [6.07, 6.45) is 9.35. The van der Waals surface area contributed by atoms with Crippen LogP contribution in [0.25, 0.3) is 22.3 Å². The zero-order valence-corrected chi connectivity index (χ0v) is 31.4. The number of carbonyl (C=O) groups is 4. The molecule has 14 nitrogen and oxygen atoms in total. The summed E-state index contributed by atoms with van der Waals surface area (Å²) in [6.45, 7) is 1.62. The van der Waals surface area contributed by atoms with Crippen LogP contribution in [0.4, 0.5) is 5.82 Å². The van der Waals surface area contributed by atoms with Gasteiger partial charge in [0.15, 0.2) is 5.65 Å². The quantitative estimate of drug-likeness (QED) is 0.178. The number of ether oxygens (including phenoxy) is 1. The lowest BCUT2D eigenvalue weighted by atomic mass is 9.54. The van der Waals surface area contributed by atoms with E-state index in [2.05, 4.69) is 25.7 Å². The number of imide groups is 2. The topological polar surface area (TPSA) is 178 Å². The second kappa shape index (κ2) is 13.9. The molecule has 2 saturated carbocycles. The summed E-state index contributed by atoms with van der Waals surface area (Å²) in [5.41, 5.74) is 14.6.